The minimum atomic E-state index is -0.359. The van der Waals surface area contributed by atoms with Gasteiger partial charge in [-0.2, -0.15) is 0 Å². The van der Waals surface area contributed by atoms with E-state index < -0.39 is 0 Å². The summed E-state index contributed by atoms with van der Waals surface area (Å²) in [5, 5.41) is 3.18. The van der Waals surface area contributed by atoms with Gasteiger partial charge in [-0.05, 0) is 39.0 Å². The van der Waals surface area contributed by atoms with E-state index in [-0.39, 0.29) is 29.5 Å². The Morgan fingerprint density at radius 1 is 1.41 bits per heavy atom. The lowest BCUT2D eigenvalue weighted by molar-refractivity contribution is -0.131. The monoisotopic (exact) mass is 238 g/mol. The summed E-state index contributed by atoms with van der Waals surface area (Å²) in [6.07, 6.45) is 6.84. The Labute approximate surface area is 102 Å². The standard InChI is InChI=1S/C13H22N2O2/c1-13(6-2-3-11(13)14)12(16)15-9-7-8-4-5-10(9)17-8/h8-11H,2-7,14H2,1H3,(H,15,16). The van der Waals surface area contributed by atoms with Crippen molar-refractivity contribution < 1.29 is 9.53 Å². The third-order valence-corrected chi connectivity index (χ3v) is 4.97. The number of nitrogens with two attached hydrogens (primary N) is 1. The number of amides is 1. The number of nitrogens with one attached hydrogen (secondary N) is 1. The summed E-state index contributed by atoms with van der Waals surface area (Å²) in [5.74, 6) is 0.142. The van der Waals surface area contributed by atoms with E-state index in [1.54, 1.807) is 0 Å². The summed E-state index contributed by atoms with van der Waals surface area (Å²) >= 11 is 0. The largest absolute Gasteiger partial charge is 0.373 e. The first kappa shape index (κ1) is 11.5. The molecule has 1 saturated carbocycles. The van der Waals surface area contributed by atoms with Crippen molar-refractivity contribution in [2.75, 3.05) is 0 Å². The highest BCUT2D eigenvalue weighted by Gasteiger charge is 2.47. The molecule has 4 heteroatoms. The van der Waals surface area contributed by atoms with Crippen LogP contribution < -0.4 is 11.1 Å². The lowest BCUT2D eigenvalue weighted by Gasteiger charge is -2.30. The van der Waals surface area contributed by atoms with E-state index in [0.717, 1.165) is 38.5 Å². The van der Waals surface area contributed by atoms with Crippen LogP contribution in [-0.2, 0) is 9.53 Å². The van der Waals surface area contributed by atoms with Crippen LogP contribution in [0.15, 0.2) is 0 Å². The molecule has 2 bridgehead atoms. The molecular weight excluding hydrogens is 216 g/mol. The second-order valence-corrected chi connectivity index (χ2v) is 6.11. The molecule has 5 atom stereocenters. The van der Waals surface area contributed by atoms with Gasteiger partial charge in [0, 0.05) is 6.04 Å². The van der Waals surface area contributed by atoms with Crippen molar-refractivity contribution in [3.05, 3.63) is 0 Å². The minimum Gasteiger partial charge on any atom is -0.373 e. The molecule has 3 N–H and O–H groups in total. The van der Waals surface area contributed by atoms with Gasteiger partial charge in [-0.3, -0.25) is 4.79 Å². The molecule has 17 heavy (non-hydrogen) atoms. The molecule has 3 fully saturated rings. The van der Waals surface area contributed by atoms with Gasteiger partial charge in [-0.25, -0.2) is 0 Å². The van der Waals surface area contributed by atoms with Crippen LogP contribution in [0.25, 0.3) is 0 Å². The zero-order chi connectivity index (χ0) is 12.0. The van der Waals surface area contributed by atoms with Gasteiger partial charge in [0.1, 0.15) is 0 Å². The maximum Gasteiger partial charge on any atom is 0.227 e. The van der Waals surface area contributed by atoms with Crippen LogP contribution in [0.3, 0.4) is 0 Å². The number of carbonyl (C=O) groups excluding carboxylic acids is 1. The average molecular weight is 238 g/mol. The zero-order valence-electron chi connectivity index (χ0n) is 10.4. The van der Waals surface area contributed by atoms with Gasteiger partial charge in [-0.1, -0.05) is 6.42 Å². The highest BCUT2D eigenvalue weighted by atomic mass is 16.5. The molecule has 0 spiro atoms. The molecule has 2 heterocycles. The maximum atomic E-state index is 12.4. The van der Waals surface area contributed by atoms with Gasteiger partial charge in [0.05, 0.1) is 23.7 Å². The van der Waals surface area contributed by atoms with E-state index in [4.69, 9.17) is 10.5 Å². The molecule has 3 aliphatic rings. The van der Waals surface area contributed by atoms with Gasteiger partial charge in [0.25, 0.3) is 0 Å². The third-order valence-electron chi connectivity index (χ3n) is 4.97. The topological polar surface area (TPSA) is 64.3 Å². The number of fused-ring (bicyclic) bond motifs is 2. The predicted octanol–water partition coefficient (Wildman–Crippen LogP) is 0.940. The van der Waals surface area contributed by atoms with E-state index in [1.807, 2.05) is 6.92 Å². The number of carbonyl (C=O) groups is 1. The van der Waals surface area contributed by atoms with Gasteiger partial charge < -0.3 is 15.8 Å². The van der Waals surface area contributed by atoms with Crippen molar-refractivity contribution in [1.82, 2.24) is 5.32 Å². The molecule has 0 aromatic heterocycles. The second-order valence-electron chi connectivity index (χ2n) is 6.11. The van der Waals surface area contributed by atoms with E-state index >= 15 is 0 Å². The summed E-state index contributed by atoms with van der Waals surface area (Å²) in [6, 6.07) is 0.243. The quantitative estimate of drug-likeness (QED) is 0.752. The molecule has 0 aromatic carbocycles. The molecule has 0 radical (unpaired) electrons. The van der Waals surface area contributed by atoms with Crippen molar-refractivity contribution in [2.45, 2.75) is 69.7 Å². The van der Waals surface area contributed by atoms with Crippen molar-refractivity contribution in [1.29, 1.82) is 0 Å². The van der Waals surface area contributed by atoms with Crippen LogP contribution in [-0.4, -0.2) is 30.2 Å². The summed E-state index contributed by atoms with van der Waals surface area (Å²) < 4.78 is 5.76. The molecule has 0 aromatic rings. The molecule has 3 rings (SSSR count). The summed E-state index contributed by atoms with van der Waals surface area (Å²) in [7, 11) is 0. The second kappa shape index (κ2) is 3.95. The molecule has 2 saturated heterocycles. The smallest absolute Gasteiger partial charge is 0.227 e. The normalized spacial score (nSPS) is 48.6. The molecule has 1 aliphatic carbocycles. The maximum absolute atomic E-state index is 12.4. The first-order chi connectivity index (χ1) is 8.09. The molecule has 96 valence electrons. The molecule has 1 amide bonds. The fraction of sp³-hybridized carbons (Fsp3) is 0.923. The van der Waals surface area contributed by atoms with E-state index in [2.05, 4.69) is 5.32 Å². The molecule has 4 nitrogen and oxygen atoms in total. The van der Waals surface area contributed by atoms with Gasteiger partial charge in [-0.15, -0.1) is 0 Å². The van der Waals surface area contributed by atoms with Crippen LogP contribution in [0.2, 0.25) is 0 Å². The number of hydrogen-bond acceptors (Lipinski definition) is 3. The van der Waals surface area contributed by atoms with E-state index in [1.165, 1.54) is 0 Å². The molecule has 5 unspecified atom stereocenters. The highest BCUT2D eigenvalue weighted by molar-refractivity contribution is 5.83. The number of ether oxygens (including phenoxy) is 1. The van der Waals surface area contributed by atoms with Crippen LogP contribution in [0.5, 0.6) is 0 Å². The van der Waals surface area contributed by atoms with Crippen LogP contribution in [0.4, 0.5) is 0 Å². The minimum absolute atomic E-state index is 0.0157. The number of hydrogen-bond donors (Lipinski definition) is 2. The Bertz CT molecular complexity index is 333. The lowest BCUT2D eigenvalue weighted by Crippen LogP contribution is -2.52. The van der Waals surface area contributed by atoms with Crippen LogP contribution in [0.1, 0.15) is 45.4 Å². The fourth-order valence-electron chi connectivity index (χ4n) is 3.60. The SMILES string of the molecule is CC1(C(=O)NC2CC3CCC2O3)CCCC1N. The average Bonchev–Trinajstić information content (AvgIpc) is 2.96. The Kier molecular flexibility index (Phi) is 2.67. The Hall–Kier alpha value is -0.610. The van der Waals surface area contributed by atoms with E-state index in [9.17, 15) is 4.79 Å². The summed E-state index contributed by atoms with van der Waals surface area (Å²) in [5.41, 5.74) is 5.71. The first-order valence-electron chi connectivity index (χ1n) is 6.81. The summed E-state index contributed by atoms with van der Waals surface area (Å²) in [6.45, 7) is 2.01. The van der Waals surface area contributed by atoms with Gasteiger partial charge >= 0.3 is 0 Å². The van der Waals surface area contributed by atoms with Crippen molar-refractivity contribution in [2.24, 2.45) is 11.1 Å². The zero-order valence-corrected chi connectivity index (χ0v) is 10.4. The van der Waals surface area contributed by atoms with Gasteiger partial charge in [0.2, 0.25) is 5.91 Å². The summed E-state index contributed by atoms with van der Waals surface area (Å²) in [4.78, 5) is 12.4. The predicted molar refractivity (Wildman–Crippen MR) is 64.4 cm³/mol. The van der Waals surface area contributed by atoms with Crippen molar-refractivity contribution in [3.8, 4) is 0 Å². The Morgan fingerprint density at radius 2 is 2.24 bits per heavy atom. The van der Waals surface area contributed by atoms with Gasteiger partial charge in [0.15, 0.2) is 0 Å². The van der Waals surface area contributed by atoms with E-state index in [0.29, 0.717) is 6.10 Å². The lowest BCUT2D eigenvalue weighted by atomic mass is 9.83. The third kappa shape index (κ3) is 1.78. The molecular formula is C13H22N2O2. The molecule has 2 aliphatic heterocycles. The van der Waals surface area contributed by atoms with Crippen molar-refractivity contribution in [3.63, 3.8) is 0 Å². The Morgan fingerprint density at radius 3 is 2.76 bits per heavy atom. The number of rotatable bonds is 2. The fourth-order valence-corrected chi connectivity index (χ4v) is 3.60. The van der Waals surface area contributed by atoms with Crippen LogP contribution >= 0.6 is 0 Å². The Balaban J connectivity index is 1.64. The highest BCUT2D eigenvalue weighted by Crippen LogP contribution is 2.39. The van der Waals surface area contributed by atoms with Crippen molar-refractivity contribution >= 4 is 5.91 Å². The first-order valence-corrected chi connectivity index (χ1v) is 6.81. The van der Waals surface area contributed by atoms with Crippen LogP contribution in [0, 0.1) is 5.41 Å².